The van der Waals surface area contributed by atoms with Gasteiger partial charge in [0.2, 0.25) is 10.0 Å². The molecule has 1 aromatic heterocycles. The van der Waals surface area contributed by atoms with E-state index in [-0.39, 0.29) is 11.3 Å². The normalized spacial score (nSPS) is 11.2. The summed E-state index contributed by atoms with van der Waals surface area (Å²) in [6.07, 6.45) is 0.280. The average molecular weight is 306 g/mol. The fourth-order valence-corrected chi connectivity index (χ4v) is 3.64. The molecule has 2 aromatic rings. The van der Waals surface area contributed by atoms with Crippen molar-refractivity contribution in [2.24, 2.45) is 0 Å². The van der Waals surface area contributed by atoms with Gasteiger partial charge in [-0.15, -0.1) is 11.3 Å². The fourth-order valence-electron chi connectivity index (χ4n) is 1.71. The summed E-state index contributed by atoms with van der Waals surface area (Å²) in [5.74, 6) is 0. The maximum atomic E-state index is 12.1. The quantitative estimate of drug-likeness (QED) is 0.923. The summed E-state index contributed by atoms with van der Waals surface area (Å²) in [5.41, 5.74) is 0.806. The molecule has 0 fully saturated rings. The number of nitrogens with zero attached hydrogens (tertiary/aromatic N) is 1. The highest BCUT2D eigenvalue weighted by molar-refractivity contribution is 7.89. The molecule has 0 saturated carbocycles. The number of hydrogen-bond donors (Lipinski definition) is 1. The molecule has 1 heterocycles. The Balaban J connectivity index is 2.08. The van der Waals surface area contributed by atoms with Gasteiger partial charge in [-0.05, 0) is 36.8 Å². The molecule has 0 atom stereocenters. The first kappa shape index (κ1) is 14.7. The Bertz CT molecular complexity index is 725. The van der Waals surface area contributed by atoms with Crippen LogP contribution in [-0.2, 0) is 23.0 Å². The van der Waals surface area contributed by atoms with Gasteiger partial charge in [0.1, 0.15) is 0 Å². The van der Waals surface area contributed by atoms with Crippen molar-refractivity contribution in [1.29, 1.82) is 5.26 Å². The van der Waals surface area contributed by atoms with E-state index in [9.17, 15) is 8.42 Å². The molecule has 2 rings (SSSR count). The maximum Gasteiger partial charge on any atom is 0.240 e. The average Bonchev–Trinajstić information content (AvgIpc) is 2.84. The molecule has 0 aliphatic heterocycles. The van der Waals surface area contributed by atoms with Crippen molar-refractivity contribution in [2.75, 3.05) is 0 Å². The van der Waals surface area contributed by atoms with Gasteiger partial charge in [0, 0.05) is 16.3 Å². The molecule has 6 heteroatoms. The number of hydrogen-bond acceptors (Lipinski definition) is 4. The molecule has 0 unspecified atom stereocenters. The second kappa shape index (κ2) is 6.18. The van der Waals surface area contributed by atoms with Crippen molar-refractivity contribution >= 4 is 21.4 Å². The monoisotopic (exact) mass is 306 g/mol. The number of rotatable bonds is 5. The Hall–Kier alpha value is -1.68. The summed E-state index contributed by atoms with van der Waals surface area (Å²) in [4.78, 5) is 2.35. The maximum absolute atomic E-state index is 12.1. The summed E-state index contributed by atoms with van der Waals surface area (Å²) in [6.45, 7) is 2.28. The Labute approximate surface area is 122 Å². The lowest BCUT2D eigenvalue weighted by atomic mass is 10.2. The molecule has 0 saturated heterocycles. The van der Waals surface area contributed by atoms with Gasteiger partial charge in [0.25, 0.3) is 0 Å². The van der Waals surface area contributed by atoms with Crippen LogP contribution in [0.25, 0.3) is 0 Å². The predicted octanol–water partition coefficient (Wildman–Crippen LogP) is 2.60. The summed E-state index contributed by atoms with van der Waals surface area (Å²) >= 11 is 1.57. The van der Waals surface area contributed by atoms with Gasteiger partial charge in [-0.25, -0.2) is 13.1 Å². The number of benzene rings is 1. The molecule has 4 nitrogen and oxygen atoms in total. The van der Waals surface area contributed by atoms with E-state index in [0.717, 1.165) is 15.3 Å². The summed E-state index contributed by atoms with van der Waals surface area (Å²) in [6, 6.07) is 12.3. The van der Waals surface area contributed by atoms with Gasteiger partial charge in [0.15, 0.2) is 0 Å². The summed E-state index contributed by atoms with van der Waals surface area (Å²) in [5, 5.41) is 8.58. The highest BCUT2D eigenvalue weighted by Crippen LogP contribution is 2.16. The highest BCUT2D eigenvalue weighted by atomic mass is 32.2. The van der Waals surface area contributed by atoms with E-state index in [1.165, 1.54) is 12.1 Å². The lowest BCUT2D eigenvalue weighted by Crippen LogP contribution is -2.22. The fraction of sp³-hybridized carbons (Fsp3) is 0.214. The molecule has 1 aromatic carbocycles. The van der Waals surface area contributed by atoms with Crippen LogP contribution in [0.15, 0.2) is 41.3 Å². The number of nitriles is 1. The molecule has 0 amide bonds. The molecule has 104 valence electrons. The predicted molar refractivity (Wildman–Crippen MR) is 78.8 cm³/mol. The van der Waals surface area contributed by atoms with Crippen LogP contribution in [0, 0.1) is 18.3 Å². The third kappa shape index (κ3) is 3.67. The minimum Gasteiger partial charge on any atom is -0.207 e. The third-order valence-electron chi connectivity index (χ3n) is 2.75. The van der Waals surface area contributed by atoms with E-state index in [0.29, 0.717) is 6.54 Å². The van der Waals surface area contributed by atoms with Gasteiger partial charge in [0.05, 0.1) is 17.4 Å². The van der Waals surface area contributed by atoms with E-state index < -0.39 is 10.0 Å². The SMILES string of the molecule is Cc1ccc(CNS(=O)(=O)c2ccc(CC#N)cc2)s1. The summed E-state index contributed by atoms with van der Waals surface area (Å²) < 4.78 is 26.8. The number of sulfonamides is 1. The Morgan fingerprint density at radius 1 is 1.20 bits per heavy atom. The number of aryl methyl sites for hydroxylation is 1. The van der Waals surface area contributed by atoms with E-state index in [2.05, 4.69) is 4.72 Å². The number of nitrogens with one attached hydrogen (secondary N) is 1. The third-order valence-corrected chi connectivity index (χ3v) is 5.17. The molecule has 0 aliphatic carbocycles. The number of thiophene rings is 1. The molecule has 0 aliphatic rings. The molecule has 20 heavy (non-hydrogen) atoms. The van der Waals surface area contributed by atoms with Gasteiger partial charge in [-0.2, -0.15) is 5.26 Å². The first-order valence-electron chi connectivity index (χ1n) is 6.02. The second-order valence-electron chi connectivity index (χ2n) is 4.32. The largest absolute Gasteiger partial charge is 0.240 e. The van der Waals surface area contributed by atoms with E-state index in [1.54, 1.807) is 23.5 Å². The van der Waals surface area contributed by atoms with Gasteiger partial charge >= 0.3 is 0 Å². The van der Waals surface area contributed by atoms with Crippen LogP contribution >= 0.6 is 11.3 Å². The van der Waals surface area contributed by atoms with Crippen molar-refractivity contribution < 1.29 is 8.42 Å². The molecule has 1 N–H and O–H groups in total. The van der Waals surface area contributed by atoms with E-state index in [4.69, 9.17) is 5.26 Å². The lowest BCUT2D eigenvalue weighted by molar-refractivity contribution is 0.582. The smallest absolute Gasteiger partial charge is 0.207 e. The van der Waals surface area contributed by atoms with E-state index >= 15 is 0 Å². The first-order valence-corrected chi connectivity index (χ1v) is 8.32. The zero-order chi connectivity index (χ0) is 14.6. The van der Waals surface area contributed by atoms with Crippen LogP contribution in [0.3, 0.4) is 0 Å². The second-order valence-corrected chi connectivity index (χ2v) is 7.46. The first-order chi connectivity index (χ1) is 9.51. The van der Waals surface area contributed by atoms with Gasteiger partial charge < -0.3 is 0 Å². The van der Waals surface area contributed by atoms with Gasteiger partial charge in [-0.3, -0.25) is 0 Å². The Morgan fingerprint density at radius 3 is 2.45 bits per heavy atom. The zero-order valence-corrected chi connectivity index (χ0v) is 12.6. The standard InChI is InChI=1S/C14H14N2O2S2/c1-11-2-5-13(19-11)10-16-20(17,18)14-6-3-12(4-7-14)8-9-15/h2-7,16H,8,10H2,1H3. The lowest BCUT2D eigenvalue weighted by Gasteiger charge is -2.06. The molecule has 0 spiro atoms. The highest BCUT2D eigenvalue weighted by Gasteiger charge is 2.13. The van der Waals surface area contributed by atoms with Crippen LogP contribution < -0.4 is 4.72 Å². The van der Waals surface area contributed by atoms with Crippen LogP contribution in [-0.4, -0.2) is 8.42 Å². The van der Waals surface area contributed by atoms with Crippen molar-refractivity contribution in [3.8, 4) is 6.07 Å². The van der Waals surface area contributed by atoms with Crippen molar-refractivity contribution in [3.05, 3.63) is 51.7 Å². The van der Waals surface area contributed by atoms with Crippen LogP contribution in [0.4, 0.5) is 0 Å². The Morgan fingerprint density at radius 2 is 1.90 bits per heavy atom. The molecule has 0 radical (unpaired) electrons. The van der Waals surface area contributed by atoms with E-state index in [1.807, 2.05) is 25.1 Å². The summed E-state index contributed by atoms with van der Waals surface area (Å²) in [7, 11) is -3.51. The zero-order valence-electron chi connectivity index (χ0n) is 11.0. The van der Waals surface area contributed by atoms with Gasteiger partial charge in [-0.1, -0.05) is 12.1 Å². The molecular weight excluding hydrogens is 292 g/mol. The van der Waals surface area contributed by atoms with Crippen LogP contribution in [0.1, 0.15) is 15.3 Å². The minimum absolute atomic E-state index is 0.215. The minimum atomic E-state index is -3.51. The Kier molecular flexibility index (Phi) is 4.55. The molecular formula is C14H14N2O2S2. The van der Waals surface area contributed by atoms with Crippen LogP contribution in [0.2, 0.25) is 0 Å². The van der Waals surface area contributed by atoms with Crippen molar-refractivity contribution in [1.82, 2.24) is 4.72 Å². The van der Waals surface area contributed by atoms with Crippen molar-refractivity contribution in [2.45, 2.75) is 24.8 Å². The molecule has 0 bridgehead atoms. The topological polar surface area (TPSA) is 70.0 Å². The van der Waals surface area contributed by atoms with Crippen molar-refractivity contribution in [3.63, 3.8) is 0 Å². The van der Waals surface area contributed by atoms with Crippen LogP contribution in [0.5, 0.6) is 0 Å².